The Hall–Kier alpha value is -3.35. The predicted molar refractivity (Wildman–Crippen MR) is 131 cm³/mol. The van der Waals surface area contributed by atoms with Gasteiger partial charge in [0.15, 0.2) is 0 Å². The number of carbonyl (C=O) groups excluding carboxylic acids is 2. The fourth-order valence-corrected chi connectivity index (χ4v) is 5.90. The molecule has 2 amide bonds. The Bertz CT molecular complexity index is 1170. The molecule has 7 heteroatoms. The molecule has 2 aromatic carbocycles. The third-order valence-electron chi connectivity index (χ3n) is 8.71. The van der Waals surface area contributed by atoms with Crippen molar-refractivity contribution in [1.82, 2.24) is 10.2 Å². The summed E-state index contributed by atoms with van der Waals surface area (Å²) in [4.78, 5) is 39.9. The molecule has 184 valence electrons. The third-order valence-corrected chi connectivity index (χ3v) is 8.71. The number of carboxylic acids is 1. The van der Waals surface area contributed by atoms with Crippen molar-refractivity contribution in [3.63, 3.8) is 0 Å². The van der Waals surface area contributed by atoms with Gasteiger partial charge in [-0.3, -0.25) is 4.79 Å². The standard InChI is InChI=1S/C28H32N2O5/c1-26(2,23(31)30-15-17-13-28(30,14-17)24(32)33)27(3,4)29-25(34)35-16-22-20-11-7-5-9-18(20)19-10-6-8-12-21(19)22/h5-12,17,22H,13-16H2,1-4H3,(H,29,34)(H,32,33). The first-order chi connectivity index (χ1) is 16.5. The van der Waals surface area contributed by atoms with E-state index in [-0.39, 0.29) is 24.3 Å². The molecule has 2 saturated heterocycles. The number of alkyl carbamates (subject to hydrolysis) is 1. The SMILES string of the molecule is CC(C)(NC(=O)OCC1c2ccccc2-c2ccccc21)C(C)(C)C(=O)N1CC2CC1(C(=O)O)C2. The van der Waals surface area contributed by atoms with Crippen molar-refractivity contribution in [3.05, 3.63) is 59.7 Å². The maximum Gasteiger partial charge on any atom is 0.407 e. The average Bonchev–Trinajstić information content (AvgIpc) is 3.45. The van der Waals surface area contributed by atoms with Crippen molar-refractivity contribution in [2.45, 2.75) is 57.5 Å². The van der Waals surface area contributed by atoms with Crippen molar-refractivity contribution >= 4 is 18.0 Å². The van der Waals surface area contributed by atoms with Crippen LogP contribution in [-0.4, -0.2) is 52.2 Å². The minimum Gasteiger partial charge on any atom is -0.479 e. The molecule has 0 atom stereocenters. The zero-order chi connectivity index (χ0) is 25.2. The second-order valence-electron chi connectivity index (χ2n) is 11.2. The highest BCUT2D eigenvalue weighted by molar-refractivity contribution is 5.93. The van der Waals surface area contributed by atoms with Gasteiger partial charge in [-0.25, -0.2) is 9.59 Å². The molecule has 2 bridgehead atoms. The molecule has 0 radical (unpaired) electrons. The molecule has 35 heavy (non-hydrogen) atoms. The number of ether oxygens (including phenoxy) is 1. The number of carboxylic acid groups (broad SMARTS) is 1. The molecule has 2 aromatic rings. The molecule has 3 fully saturated rings. The summed E-state index contributed by atoms with van der Waals surface area (Å²) in [7, 11) is 0. The lowest BCUT2D eigenvalue weighted by Gasteiger charge is -2.46. The number of hydrogen-bond donors (Lipinski definition) is 2. The number of amides is 2. The molecule has 2 aliphatic carbocycles. The monoisotopic (exact) mass is 476 g/mol. The van der Waals surface area contributed by atoms with E-state index in [9.17, 15) is 19.5 Å². The van der Waals surface area contributed by atoms with Crippen LogP contribution in [0.2, 0.25) is 0 Å². The van der Waals surface area contributed by atoms with Gasteiger partial charge in [0.05, 0.1) is 11.0 Å². The van der Waals surface area contributed by atoms with Gasteiger partial charge in [0.1, 0.15) is 12.1 Å². The molecule has 6 rings (SSSR count). The Morgan fingerprint density at radius 1 is 1.00 bits per heavy atom. The van der Waals surface area contributed by atoms with Crippen LogP contribution in [0.4, 0.5) is 4.79 Å². The molecule has 0 aromatic heterocycles. The summed E-state index contributed by atoms with van der Waals surface area (Å²) in [6.45, 7) is 7.70. The summed E-state index contributed by atoms with van der Waals surface area (Å²) in [5, 5.41) is 12.7. The molecule has 0 spiro atoms. The Morgan fingerprint density at radius 2 is 1.54 bits per heavy atom. The van der Waals surface area contributed by atoms with Crippen LogP contribution in [0.3, 0.4) is 0 Å². The summed E-state index contributed by atoms with van der Waals surface area (Å²) in [5.74, 6) is -1.02. The van der Waals surface area contributed by atoms with Gasteiger partial charge < -0.3 is 20.1 Å². The Kier molecular flexibility index (Phi) is 5.24. The highest BCUT2D eigenvalue weighted by atomic mass is 16.5. The molecule has 1 saturated carbocycles. The molecule has 2 aliphatic heterocycles. The minimum atomic E-state index is -1.10. The van der Waals surface area contributed by atoms with E-state index in [1.807, 2.05) is 24.3 Å². The molecule has 0 unspecified atom stereocenters. The van der Waals surface area contributed by atoms with Crippen LogP contribution in [0.5, 0.6) is 0 Å². The Morgan fingerprint density at radius 3 is 2.09 bits per heavy atom. The average molecular weight is 477 g/mol. The summed E-state index contributed by atoms with van der Waals surface area (Å²) in [6, 6.07) is 16.3. The minimum absolute atomic E-state index is 0.0577. The number of nitrogens with one attached hydrogen (secondary N) is 1. The Balaban J connectivity index is 1.28. The molecule has 2 heterocycles. The van der Waals surface area contributed by atoms with Crippen LogP contribution in [0.1, 0.15) is 57.6 Å². The van der Waals surface area contributed by atoms with Gasteiger partial charge >= 0.3 is 12.1 Å². The normalized spacial score (nSPS) is 22.7. The number of benzene rings is 2. The van der Waals surface area contributed by atoms with Gasteiger partial charge in [-0.2, -0.15) is 0 Å². The van der Waals surface area contributed by atoms with Gasteiger partial charge in [0, 0.05) is 12.5 Å². The van der Waals surface area contributed by atoms with E-state index in [4.69, 9.17) is 4.74 Å². The van der Waals surface area contributed by atoms with Crippen LogP contribution >= 0.6 is 0 Å². The van der Waals surface area contributed by atoms with E-state index in [0.717, 1.165) is 22.3 Å². The van der Waals surface area contributed by atoms with E-state index < -0.39 is 28.6 Å². The predicted octanol–water partition coefficient (Wildman–Crippen LogP) is 4.41. The number of aliphatic carboxylic acids is 1. The lowest BCUT2D eigenvalue weighted by Crippen LogP contribution is -2.63. The third kappa shape index (κ3) is 3.43. The van der Waals surface area contributed by atoms with Crippen molar-refractivity contribution in [1.29, 1.82) is 0 Å². The lowest BCUT2D eigenvalue weighted by molar-refractivity contribution is -0.163. The summed E-state index contributed by atoms with van der Waals surface area (Å²) in [6.07, 6.45) is 0.408. The van der Waals surface area contributed by atoms with Gasteiger partial charge in [0.2, 0.25) is 5.91 Å². The van der Waals surface area contributed by atoms with Gasteiger partial charge in [-0.15, -0.1) is 0 Å². The number of rotatable bonds is 6. The smallest absolute Gasteiger partial charge is 0.407 e. The number of fused-ring (bicyclic) bond motifs is 4. The van der Waals surface area contributed by atoms with Crippen LogP contribution in [0.15, 0.2) is 48.5 Å². The quantitative estimate of drug-likeness (QED) is 0.644. The zero-order valence-electron chi connectivity index (χ0n) is 20.6. The van der Waals surface area contributed by atoms with Crippen molar-refractivity contribution in [2.24, 2.45) is 11.3 Å². The van der Waals surface area contributed by atoms with Gasteiger partial charge in [0.25, 0.3) is 0 Å². The fourth-order valence-electron chi connectivity index (χ4n) is 5.90. The molecule has 2 N–H and O–H groups in total. The second-order valence-corrected chi connectivity index (χ2v) is 11.2. The highest BCUT2D eigenvalue weighted by Crippen LogP contribution is 2.52. The van der Waals surface area contributed by atoms with Crippen molar-refractivity contribution in [2.75, 3.05) is 13.2 Å². The topological polar surface area (TPSA) is 95.9 Å². The largest absolute Gasteiger partial charge is 0.479 e. The van der Waals surface area contributed by atoms with E-state index in [2.05, 4.69) is 29.6 Å². The zero-order valence-corrected chi connectivity index (χ0v) is 20.6. The van der Waals surface area contributed by atoms with Crippen LogP contribution in [-0.2, 0) is 14.3 Å². The Labute approximate surface area is 205 Å². The van der Waals surface area contributed by atoms with Crippen LogP contribution < -0.4 is 5.32 Å². The summed E-state index contributed by atoms with van der Waals surface area (Å²) >= 11 is 0. The van der Waals surface area contributed by atoms with Crippen LogP contribution in [0.25, 0.3) is 11.1 Å². The first-order valence-electron chi connectivity index (χ1n) is 12.2. The summed E-state index contributed by atoms with van der Waals surface area (Å²) < 4.78 is 5.69. The van der Waals surface area contributed by atoms with Crippen LogP contribution in [0, 0.1) is 11.3 Å². The number of nitrogens with zero attached hydrogens (tertiary/aromatic N) is 1. The molecular weight excluding hydrogens is 444 g/mol. The van der Waals surface area contributed by atoms with Crippen molar-refractivity contribution in [3.8, 4) is 11.1 Å². The highest BCUT2D eigenvalue weighted by Gasteiger charge is 2.65. The molecule has 4 aliphatic rings. The number of hydrogen-bond acceptors (Lipinski definition) is 4. The van der Waals surface area contributed by atoms with E-state index in [1.165, 1.54) is 4.90 Å². The van der Waals surface area contributed by atoms with E-state index in [1.54, 1.807) is 27.7 Å². The van der Waals surface area contributed by atoms with E-state index >= 15 is 0 Å². The van der Waals surface area contributed by atoms with Gasteiger partial charge in [-0.05, 0) is 68.7 Å². The number of carbonyl (C=O) groups is 3. The molecule has 7 nitrogen and oxygen atoms in total. The fraction of sp³-hybridized carbons (Fsp3) is 0.464. The maximum atomic E-state index is 13.6. The van der Waals surface area contributed by atoms with Gasteiger partial charge in [-0.1, -0.05) is 48.5 Å². The lowest BCUT2D eigenvalue weighted by atomic mass is 9.70. The first kappa shape index (κ1) is 23.4. The molecular formula is C28H32N2O5. The van der Waals surface area contributed by atoms with E-state index in [0.29, 0.717) is 19.4 Å². The van der Waals surface area contributed by atoms with Crippen molar-refractivity contribution < 1.29 is 24.2 Å². The summed E-state index contributed by atoms with van der Waals surface area (Å²) in [5.41, 5.74) is 1.45. The second kappa shape index (κ2) is 7.83. The maximum absolute atomic E-state index is 13.6. The first-order valence-corrected chi connectivity index (χ1v) is 12.2.